The van der Waals surface area contributed by atoms with Crippen LogP contribution in [0.4, 0.5) is 0 Å². The van der Waals surface area contributed by atoms with Crippen LogP contribution < -0.4 is 10.1 Å². The predicted octanol–water partition coefficient (Wildman–Crippen LogP) is 4.53. The number of aromatic nitrogens is 3. The first-order valence-corrected chi connectivity index (χ1v) is 10.6. The molecule has 2 heterocycles. The van der Waals surface area contributed by atoms with E-state index in [1.54, 1.807) is 18.0 Å². The second-order valence-corrected chi connectivity index (χ2v) is 7.65. The molecule has 0 bridgehead atoms. The Balaban J connectivity index is 1.64. The maximum absolute atomic E-state index is 13.1. The van der Waals surface area contributed by atoms with Crippen molar-refractivity contribution in [1.29, 1.82) is 0 Å². The topological polar surface area (TPSA) is 69.0 Å². The van der Waals surface area contributed by atoms with Gasteiger partial charge in [-0.05, 0) is 73.5 Å². The number of hydrogen-bond acceptors (Lipinski definition) is 4. The van der Waals surface area contributed by atoms with Crippen molar-refractivity contribution in [2.45, 2.75) is 20.3 Å². The number of hydrogen-bond donors (Lipinski definition) is 1. The first-order chi connectivity index (χ1) is 15.5. The fourth-order valence-electron chi connectivity index (χ4n) is 3.45. The van der Waals surface area contributed by atoms with E-state index in [1.807, 2.05) is 54.6 Å². The number of methoxy groups -OCH3 is 1. The largest absolute Gasteiger partial charge is 0.497 e. The smallest absolute Gasteiger partial charge is 0.270 e. The molecule has 6 nitrogen and oxygen atoms in total. The molecule has 4 aromatic rings. The zero-order valence-electron chi connectivity index (χ0n) is 18.5. The summed E-state index contributed by atoms with van der Waals surface area (Å²) in [4.78, 5) is 17.4. The minimum Gasteiger partial charge on any atom is -0.497 e. The number of carbonyl (C=O) groups is 1. The molecule has 2 aromatic heterocycles. The highest BCUT2D eigenvalue weighted by Gasteiger charge is 2.18. The minimum atomic E-state index is -0.181. The molecule has 6 heteroatoms. The van der Waals surface area contributed by atoms with Gasteiger partial charge in [0.1, 0.15) is 11.4 Å². The average Bonchev–Trinajstić information content (AvgIpc) is 3.27. The van der Waals surface area contributed by atoms with Gasteiger partial charge in [-0.15, -0.1) is 0 Å². The van der Waals surface area contributed by atoms with Crippen molar-refractivity contribution in [2.75, 3.05) is 13.7 Å². The van der Waals surface area contributed by atoms with Gasteiger partial charge < -0.3 is 10.1 Å². The fraction of sp³-hybridized carbons (Fsp3) is 0.192. The predicted molar refractivity (Wildman–Crippen MR) is 125 cm³/mol. The lowest BCUT2D eigenvalue weighted by atomic mass is 10.0. The van der Waals surface area contributed by atoms with E-state index in [2.05, 4.69) is 36.3 Å². The van der Waals surface area contributed by atoms with E-state index in [0.717, 1.165) is 28.4 Å². The highest BCUT2D eigenvalue weighted by atomic mass is 16.5. The van der Waals surface area contributed by atoms with Crippen molar-refractivity contribution in [1.82, 2.24) is 20.1 Å². The Morgan fingerprint density at radius 3 is 2.50 bits per heavy atom. The Hall–Kier alpha value is -3.93. The van der Waals surface area contributed by atoms with Crippen molar-refractivity contribution in [3.8, 4) is 22.7 Å². The van der Waals surface area contributed by atoms with E-state index in [1.165, 1.54) is 11.1 Å². The van der Waals surface area contributed by atoms with E-state index in [4.69, 9.17) is 9.84 Å². The second-order valence-electron chi connectivity index (χ2n) is 7.65. The van der Waals surface area contributed by atoms with E-state index < -0.39 is 0 Å². The highest BCUT2D eigenvalue weighted by Crippen LogP contribution is 2.25. The molecule has 0 atom stereocenters. The van der Waals surface area contributed by atoms with Gasteiger partial charge in [-0.3, -0.25) is 9.78 Å². The van der Waals surface area contributed by atoms with Gasteiger partial charge in [-0.25, -0.2) is 4.68 Å². The number of amides is 1. The van der Waals surface area contributed by atoms with Crippen molar-refractivity contribution in [2.24, 2.45) is 0 Å². The summed E-state index contributed by atoms with van der Waals surface area (Å²) in [5.74, 6) is 0.566. The molecule has 0 aliphatic rings. The normalized spacial score (nSPS) is 10.7. The van der Waals surface area contributed by atoms with E-state index in [-0.39, 0.29) is 5.91 Å². The summed E-state index contributed by atoms with van der Waals surface area (Å²) in [6.07, 6.45) is 2.42. The molecular weight excluding hydrogens is 400 g/mol. The van der Waals surface area contributed by atoms with Gasteiger partial charge in [0.2, 0.25) is 0 Å². The lowest BCUT2D eigenvalue weighted by Crippen LogP contribution is -2.28. The van der Waals surface area contributed by atoms with Gasteiger partial charge >= 0.3 is 0 Å². The Morgan fingerprint density at radius 1 is 1.00 bits per heavy atom. The quantitative estimate of drug-likeness (QED) is 0.471. The van der Waals surface area contributed by atoms with Crippen LogP contribution in [0.3, 0.4) is 0 Å². The molecule has 2 aromatic carbocycles. The molecule has 1 N–H and O–H groups in total. The van der Waals surface area contributed by atoms with Gasteiger partial charge in [0.05, 0.1) is 18.5 Å². The number of ether oxygens (including phenoxy) is 1. The Kier molecular flexibility index (Phi) is 6.31. The highest BCUT2D eigenvalue weighted by molar-refractivity contribution is 5.94. The number of carbonyl (C=O) groups excluding carboxylic acids is 1. The monoisotopic (exact) mass is 426 g/mol. The van der Waals surface area contributed by atoms with E-state index in [0.29, 0.717) is 18.7 Å². The van der Waals surface area contributed by atoms with Crippen molar-refractivity contribution in [3.05, 3.63) is 95.4 Å². The summed E-state index contributed by atoms with van der Waals surface area (Å²) in [6.45, 7) is 4.64. The molecule has 0 unspecified atom stereocenters. The lowest BCUT2D eigenvalue weighted by Gasteiger charge is -2.09. The maximum Gasteiger partial charge on any atom is 0.270 e. The Morgan fingerprint density at radius 2 is 1.81 bits per heavy atom. The van der Waals surface area contributed by atoms with Crippen LogP contribution in [-0.2, 0) is 6.42 Å². The van der Waals surface area contributed by atoms with Crippen LogP contribution in [0.2, 0.25) is 0 Å². The van der Waals surface area contributed by atoms with E-state index in [9.17, 15) is 4.79 Å². The number of pyridine rings is 1. The maximum atomic E-state index is 13.1. The summed E-state index contributed by atoms with van der Waals surface area (Å²) in [6, 6.07) is 21.3. The Bertz CT molecular complexity index is 1210. The molecule has 0 saturated heterocycles. The van der Waals surface area contributed by atoms with Crippen LogP contribution in [0.15, 0.2) is 72.9 Å². The molecule has 162 valence electrons. The standard InChI is InChI=1S/C26H26N4O2/c1-18-7-8-20(16-19(18)2)24-17-25(26(31)28-15-13-21-6-4-5-14-27-21)30(29-24)22-9-11-23(32-3)12-10-22/h4-12,14,16-17H,13,15H2,1-3H3,(H,28,31). The number of nitrogens with one attached hydrogen (secondary N) is 1. The fourth-order valence-corrected chi connectivity index (χ4v) is 3.45. The summed E-state index contributed by atoms with van der Waals surface area (Å²) < 4.78 is 6.94. The second kappa shape index (κ2) is 9.47. The van der Waals surface area contributed by atoms with Gasteiger partial charge in [-0.1, -0.05) is 18.2 Å². The third-order valence-electron chi connectivity index (χ3n) is 5.45. The first kappa shape index (κ1) is 21.3. The van der Waals surface area contributed by atoms with Gasteiger partial charge in [0, 0.05) is 30.4 Å². The third-order valence-corrected chi connectivity index (χ3v) is 5.45. The summed E-state index contributed by atoms with van der Waals surface area (Å²) in [7, 11) is 1.63. The molecule has 1 amide bonds. The van der Waals surface area contributed by atoms with Gasteiger partial charge in [0.25, 0.3) is 5.91 Å². The molecule has 0 spiro atoms. The number of nitrogens with zero attached hydrogens (tertiary/aromatic N) is 3. The van der Waals surface area contributed by atoms with Crippen molar-refractivity contribution in [3.63, 3.8) is 0 Å². The minimum absolute atomic E-state index is 0.181. The van der Waals surface area contributed by atoms with Crippen molar-refractivity contribution < 1.29 is 9.53 Å². The summed E-state index contributed by atoms with van der Waals surface area (Å²) in [5, 5.41) is 7.77. The molecule has 0 radical (unpaired) electrons. The molecule has 0 aliphatic carbocycles. The van der Waals surface area contributed by atoms with Crippen LogP contribution in [0.1, 0.15) is 27.3 Å². The van der Waals surface area contributed by atoms with Crippen LogP contribution >= 0.6 is 0 Å². The van der Waals surface area contributed by atoms with Crippen LogP contribution in [0, 0.1) is 13.8 Å². The van der Waals surface area contributed by atoms with Crippen molar-refractivity contribution >= 4 is 5.91 Å². The average molecular weight is 427 g/mol. The Labute approximate surface area is 187 Å². The number of aryl methyl sites for hydroxylation is 2. The van der Waals surface area contributed by atoms with Crippen LogP contribution in [0.5, 0.6) is 5.75 Å². The molecule has 0 fully saturated rings. The van der Waals surface area contributed by atoms with Crippen LogP contribution in [0.25, 0.3) is 16.9 Å². The zero-order chi connectivity index (χ0) is 22.5. The zero-order valence-corrected chi connectivity index (χ0v) is 18.5. The van der Waals surface area contributed by atoms with E-state index >= 15 is 0 Å². The molecule has 32 heavy (non-hydrogen) atoms. The van der Waals surface area contributed by atoms with Crippen LogP contribution in [-0.4, -0.2) is 34.3 Å². The first-order valence-electron chi connectivity index (χ1n) is 10.6. The lowest BCUT2D eigenvalue weighted by molar-refractivity contribution is 0.0946. The number of benzene rings is 2. The molecule has 0 aliphatic heterocycles. The van der Waals surface area contributed by atoms with Gasteiger partial charge in [0.15, 0.2) is 0 Å². The summed E-state index contributed by atoms with van der Waals surface area (Å²) >= 11 is 0. The molecule has 4 rings (SSSR count). The number of rotatable bonds is 7. The molecular formula is C26H26N4O2. The summed E-state index contributed by atoms with van der Waals surface area (Å²) in [5.41, 5.74) is 6.33. The van der Waals surface area contributed by atoms with Gasteiger partial charge in [-0.2, -0.15) is 5.10 Å². The molecule has 0 saturated carbocycles. The SMILES string of the molecule is COc1ccc(-n2nc(-c3ccc(C)c(C)c3)cc2C(=O)NCCc2ccccn2)cc1. The third kappa shape index (κ3) is 4.70.